The Morgan fingerprint density at radius 2 is 2.12 bits per heavy atom. The molecule has 0 amide bonds. The van der Waals surface area contributed by atoms with Gasteiger partial charge in [-0.3, -0.25) is 10.1 Å². The molecule has 0 saturated carbocycles. The molecule has 1 unspecified atom stereocenters. The molecule has 1 aromatic carbocycles. The Bertz CT molecular complexity index is 409. The molecule has 94 valence electrons. The minimum Gasteiger partial charge on any atom is -0.258 e. The van der Waals surface area contributed by atoms with Crippen molar-refractivity contribution in [3.8, 4) is 0 Å². The maximum Gasteiger partial charge on any atom is 0.305 e. The Morgan fingerprint density at radius 1 is 1.47 bits per heavy atom. The van der Waals surface area contributed by atoms with Crippen LogP contribution in [0.25, 0.3) is 0 Å². The minimum absolute atomic E-state index is 0.257. The number of nitro benzene ring substituents is 1. The fourth-order valence-electron chi connectivity index (χ4n) is 1.68. The summed E-state index contributed by atoms with van der Waals surface area (Å²) in [5, 5.41) is 10.6. The van der Waals surface area contributed by atoms with Crippen LogP contribution < -0.4 is 0 Å². The van der Waals surface area contributed by atoms with Gasteiger partial charge in [0, 0.05) is 10.9 Å². The first kappa shape index (κ1) is 14.1. The van der Waals surface area contributed by atoms with Gasteiger partial charge < -0.3 is 0 Å². The van der Waals surface area contributed by atoms with Gasteiger partial charge in [0.25, 0.3) is 0 Å². The van der Waals surface area contributed by atoms with Crippen molar-refractivity contribution >= 4 is 21.6 Å². The lowest BCUT2D eigenvalue weighted by Crippen LogP contribution is -2.07. The highest BCUT2D eigenvalue weighted by Crippen LogP contribution is 2.23. The number of hydrogen-bond acceptors (Lipinski definition) is 2. The van der Waals surface area contributed by atoms with Crippen LogP contribution in [0, 0.1) is 21.8 Å². The Hall–Kier alpha value is -0.970. The zero-order valence-corrected chi connectivity index (χ0v) is 11.4. The van der Waals surface area contributed by atoms with Crippen molar-refractivity contribution in [3.05, 3.63) is 39.7 Å². The second-order valence-electron chi connectivity index (χ2n) is 4.47. The number of alkyl halides is 1. The molecule has 0 aromatic heterocycles. The van der Waals surface area contributed by atoms with E-state index in [9.17, 15) is 14.5 Å². The third kappa shape index (κ3) is 4.42. The average Bonchev–Trinajstić information content (AvgIpc) is 2.19. The predicted molar refractivity (Wildman–Crippen MR) is 68.9 cm³/mol. The number of halogens is 2. The average molecular weight is 304 g/mol. The van der Waals surface area contributed by atoms with E-state index in [2.05, 4.69) is 29.8 Å². The molecular formula is C12H15BrFNO2. The summed E-state index contributed by atoms with van der Waals surface area (Å²) in [7, 11) is 0. The van der Waals surface area contributed by atoms with Crippen LogP contribution in [0.15, 0.2) is 18.2 Å². The number of rotatable bonds is 5. The normalized spacial score (nSPS) is 12.8. The number of hydrogen-bond donors (Lipinski definition) is 0. The van der Waals surface area contributed by atoms with Gasteiger partial charge >= 0.3 is 5.69 Å². The van der Waals surface area contributed by atoms with Gasteiger partial charge in [0.1, 0.15) is 0 Å². The van der Waals surface area contributed by atoms with E-state index in [0.717, 1.165) is 18.1 Å². The quantitative estimate of drug-likeness (QED) is 0.467. The monoisotopic (exact) mass is 303 g/mol. The molecule has 0 radical (unpaired) electrons. The SMILES string of the molecule is CC(C)CC(Br)Cc1ccc(F)c([N+](=O)[O-])c1. The summed E-state index contributed by atoms with van der Waals surface area (Å²) in [6, 6.07) is 4.06. The predicted octanol–water partition coefficient (Wildman–Crippen LogP) is 4.09. The van der Waals surface area contributed by atoms with Gasteiger partial charge in [-0.1, -0.05) is 35.8 Å². The molecule has 0 aliphatic rings. The zero-order chi connectivity index (χ0) is 13.0. The van der Waals surface area contributed by atoms with Crippen molar-refractivity contribution in [3.63, 3.8) is 0 Å². The molecular weight excluding hydrogens is 289 g/mol. The Kier molecular flexibility index (Phi) is 5.05. The standard InChI is InChI=1S/C12H15BrFNO2/c1-8(2)5-10(13)6-9-3-4-11(14)12(7-9)15(16)17/h3-4,7-8,10H,5-6H2,1-2H3. The van der Waals surface area contributed by atoms with Gasteiger partial charge in [0.15, 0.2) is 0 Å². The van der Waals surface area contributed by atoms with Crippen molar-refractivity contribution < 1.29 is 9.31 Å². The second-order valence-corrected chi connectivity index (χ2v) is 5.77. The first-order valence-corrected chi connectivity index (χ1v) is 6.38. The van der Waals surface area contributed by atoms with Crippen LogP contribution in [-0.4, -0.2) is 9.75 Å². The fourth-order valence-corrected chi connectivity index (χ4v) is 2.80. The Morgan fingerprint density at radius 3 is 2.65 bits per heavy atom. The van der Waals surface area contributed by atoms with Crippen LogP contribution in [0.5, 0.6) is 0 Å². The molecule has 0 aliphatic carbocycles. The summed E-state index contributed by atoms with van der Waals surface area (Å²) in [4.78, 5) is 10.2. The minimum atomic E-state index is -0.784. The highest BCUT2D eigenvalue weighted by molar-refractivity contribution is 9.09. The second kappa shape index (κ2) is 6.10. The van der Waals surface area contributed by atoms with Gasteiger partial charge in [-0.05, 0) is 30.4 Å². The van der Waals surface area contributed by atoms with E-state index < -0.39 is 16.4 Å². The highest BCUT2D eigenvalue weighted by atomic mass is 79.9. The van der Waals surface area contributed by atoms with E-state index in [1.807, 2.05) is 0 Å². The lowest BCUT2D eigenvalue weighted by Gasteiger charge is -2.12. The van der Waals surface area contributed by atoms with Crippen LogP contribution >= 0.6 is 15.9 Å². The smallest absolute Gasteiger partial charge is 0.258 e. The topological polar surface area (TPSA) is 43.1 Å². The lowest BCUT2D eigenvalue weighted by molar-refractivity contribution is -0.387. The van der Waals surface area contributed by atoms with Crippen molar-refractivity contribution in [2.75, 3.05) is 0 Å². The maximum absolute atomic E-state index is 13.1. The molecule has 0 bridgehead atoms. The Balaban J connectivity index is 2.79. The van der Waals surface area contributed by atoms with Gasteiger partial charge in [-0.15, -0.1) is 0 Å². The summed E-state index contributed by atoms with van der Waals surface area (Å²) in [6.07, 6.45) is 1.64. The van der Waals surface area contributed by atoms with Crippen LogP contribution in [0.1, 0.15) is 25.8 Å². The number of benzene rings is 1. The van der Waals surface area contributed by atoms with Crippen LogP contribution in [-0.2, 0) is 6.42 Å². The number of nitro groups is 1. The summed E-state index contributed by atoms with van der Waals surface area (Å²) in [5.41, 5.74) is 0.326. The fraction of sp³-hybridized carbons (Fsp3) is 0.500. The van der Waals surface area contributed by atoms with E-state index in [1.54, 1.807) is 6.07 Å². The third-order valence-corrected chi connectivity index (χ3v) is 3.09. The molecule has 0 saturated heterocycles. The van der Waals surface area contributed by atoms with Crippen molar-refractivity contribution in [1.82, 2.24) is 0 Å². The molecule has 0 N–H and O–H groups in total. The molecule has 5 heteroatoms. The van der Waals surface area contributed by atoms with E-state index in [-0.39, 0.29) is 4.83 Å². The lowest BCUT2D eigenvalue weighted by atomic mass is 10.0. The molecule has 0 fully saturated rings. The van der Waals surface area contributed by atoms with E-state index >= 15 is 0 Å². The van der Waals surface area contributed by atoms with Gasteiger partial charge in [0.2, 0.25) is 5.82 Å². The number of nitrogens with zero attached hydrogens (tertiary/aromatic N) is 1. The molecule has 0 aliphatic heterocycles. The van der Waals surface area contributed by atoms with Gasteiger partial charge in [-0.25, -0.2) is 0 Å². The van der Waals surface area contributed by atoms with E-state index in [1.165, 1.54) is 6.07 Å². The molecule has 17 heavy (non-hydrogen) atoms. The largest absolute Gasteiger partial charge is 0.305 e. The molecule has 0 spiro atoms. The zero-order valence-electron chi connectivity index (χ0n) is 9.82. The van der Waals surface area contributed by atoms with Crippen molar-refractivity contribution in [2.45, 2.75) is 31.5 Å². The summed E-state index contributed by atoms with van der Waals surface area (Å²) in [6.45, 7) is 4.22. The van der Waals surface area contributed by atoms with Crippen molar-refractivity contribution in [1.29, 1.82) is 0 Å². The Labute approximate surface area is 108 Å². The highest BCUT2D eigenvalue weighted by Gasteiger charge is 2.16. The van der Waals surface area contributed by atoms with Gasteiger partial charge in [0.05, 0.1) is 4.92 Å². The summed E-state index contributed by atoms with van der Waals surface area (Å²) < 4.78 is 13.1. The maximum atomic E-state index is 13.1. The molecule has 1 rings (SSSR count). The first-order valence-electron chi connectivity index (χ1n) is 5.47. The first-order chi connectivity index (χ1) is 7.90. The summed E-state index contributed by atoms with van der Waals surface area (Å²) >= 11 is 3.53. The third-order valence-electron chi connectivity index (χ3n) is 2.39. The van der Waals surface area contributed by atoms with E-state index in [4.69, 9.17) is 0 Å². The van der Waals surface area contributed by atoms with Crippen LogP contribution in [0.2, 0.25) is 0 Å². The molecule has 1 atom stereocenters. The molecule has 1 aromatic rings. The van der Waals surface area contributed by atoms with Gasteiger partial charge in [-0.2, -0.15) is 4.39 Å². The molecule has 3 nitrogen and oxygen atoms in total. The van der Waals surface area contributed by atoms with Crippen LogP contribution in [0.3, 0.4) is 0 Å². The summed E-state index contributed by atoms with van der Waals surface area (Å²) in [5.74, 6) is -0.233. The van der Waals surface area contributed by atoms with E-state index in [0.29, 0.717) is 12.3 Å². The van der Waals surface area contributed by atoms with Crippen LogP contribution in [0.4, 0.5) is 10.1 Å². The van der Waals surface area contributed by atoms with Crippen molar-refractivity contribution in [2.24, 2.45) is 5.92 Å². The molecule has 0 heterocycles.